The second-order valence-electron chi connectivity index (χ2n) is 7.03. The zero-order valence-corrected chi connectivity index (χ0v) is 17.4. The van der Waals surface area contributed by atoms with E-state index in [1.54, 1.807) is 6.20 Å². The SMILES string of the molecule is CCOC(=O)C1CCN(C(=O)C(C)Sc2nccn2-c2cccc(C)c2)CC1. The van der Waals surface area contributed by atoms with Crippen LogP contribution in [0.4, 0.5) is 0 Å². The molecule has 0 N–H and O–H groups in total. The van der Waals surface area contributed by atoms with Gasteiger partial charge in [-0.25, -0.2) is 4.98 Å². The lowest BCUT2D eigenvalue weighted by Crippen LogP contribution is -2.43. The van der Waals surface area contributed by atoms with E-state index >= 15 is 0 Å². The molecule has 2 heterocycles. The summed E-state index contributed by atoms with van der Waals surface area (Å²) < 4.78 is 7.11. The molecule has 150 valence electrons. The molecule has 1 saturated heterocycles. The number of hydrogen-bond acceptors (Lipinski definition) is 5. The molecule has 2 aromatic rings. The summed E-state index contributed by atoms with van der Waals surface area (Å²) >= 11 is 1.46. The zero-order valence-electron chi connectivity index (χ0n) is 16.6. The van der Waals surface area contributed by atoms with Gasteiger partial charge in [-0.05, 0) is 51.3 Å². The van der Waals surface area contributed by atoms with Crippen LogP contribution in [0.1, 0.15) is 32.3 Å². The van der Waals surface area contributed by atoms with Gasteiger partial charge in [0.2, 0.25) is 5.91 Å². The summed E-state index contributed by atoms with van der Waals surface area (Å²) in [7, 11) is 0. The van der Waals surface area contributed by atoms with E-state index in [9.17, 15) is 9.59 Å². The average Bonchev–Trinajstić information content (AvgIpc) is 3.16. The maximum atomic E-state index is 12.9. The normalized spacial score (nSPS) is 16.0. The number of thioether (sulfide) groups is 1. The summed E-state index contributed by atoms with van der Waals surface area (Å²) in [4.78, 5) is 31.0. The quantitative estimate of drug-likeness (QED) is 0.548. The van der Waals surface area contributed by atoms with E-state index in [2.05, 4.69) is 24.0 Å². The maximum Gasteiger partial charge on any atom is 0.309 e. The Morgan fingerprint density at radius 1 is 1.32 bits per heavy atom. The molecule has 1 aromatic carbocycles. The highest BCUT2D eigenvalue weighted by Gasteiger charge is 2.30. The Morgan fingerprint density at radius 2 is 2.07 bits per heavy atom. The van der Waals surface area contributed by atoms with Crippen molar-refractivity contribution in [1.29, 1.82) is 0 Å². The van der Waals surface area contributed by atoms with Crippen molar-refractivity contribution in [3.05, 3.63) is 42.2 Å². The number of aromatic nitrogens is 2. The number of likely N-dealkylation sites (tertiary alicyclic amines) is 1. The summed E-state index contributed by atoms with van der Waals surface area (Å²) in [5.74, 6) is -0.143. The first-order valence-corrected chi connectivity index (χ1v) is 10.6. The predicted octanol–water partition coefficient (Wildman–Crippen LogP) is 3.46. The monoisotopic (exact) mass is 401 g/mol. The van der Waals surface area contributed by atoms with Gasteiger partial charge in [-0.1, -0.05) is 23.9 Å². The molecule has 0 aliphatic carbocycles. The molecule has 0 saturated carbocycles. The summed E-state index contributed by atoms with van der Waals surface area (Å²) in [6, 6.07) is 8.20. The maximum absolute atomic E-state index is 12.9. The molecule has 3 rings (SSSR count). The van der Waals surface area contributed by atoms with Crippen LogP contribution < -0.4 is 0 Å². The van der Waals surface area contributed by atoms with Crippen molar-refractivity contribution in [2.24, 2.45) is 5.92 Å². The van der Waals surface area contributed by atoms with Crippen LogP contribution in [-0.2, 0) is 14.3 Å². The van der Waals surface area contributed by atoms with Crippen LogP contribution in [0.2, 0.25) is 0 Å². The van der Waals surface area contributed by atoms with E-state index in [-0.39, 0.29) is 23.0 Å². The number of benzene rings is 1. The zero-order chi connectivity index (χ0) is 20.1. The highest BCUT2D eigenvalue weighted by molar-refractivity contribution is 8.00. The van der Waals surface area contributed by atoms with Gasteiger partial charge in [-0.15, -0.1) is 0 Å². The fraction of sp³-hybridized carbons (Fsp3) is 0.476. The summed E-state index contributed by atoms with van der Waals surface area (Å²) in [5, 5.41) is 0.554. The number of amides is 1. The number of aryl methyl sites for hydroxylation is 1. The van der Waals surface area contributed by atoms with Crippen LogP contribution in [0.25, 0.3) is 5.69 Å². The van der Waals surface area contributed by atoms with E-state index in [1.165, 1.54) is 17.3 Å². The highest BCUT2D eigenvalue weighted by Crippen LogP contribution is 2.27. The number of hydrogen-bond donors (Lipinski definition) is 0. The number of ether oxygens (including phenoxy) is 1. The van der Waals surface area contributed by atoms with Crippen molar-refractivity contribution in [2.75, 3.05) is 19.7 Å². The molecule has 1 aliphatic rings. The molecule has 1 aliphatic heterocycles. The van der Waals surface area contributed by atoms with Crippen LogP contribution >= 0.6 is 11.8 Å². The molecule has 0 bridgehead atoms. The Bertz CT molecular complexity index is 828. The van der Waals surface area contributed by atoms with Crippen LogP contribution in [0.3, 0.4) is 0 Å². The van der Waals surface area contributed by atoms with Gasteiger partial charge < -0.3 is 9.64 Å². The fourth-order valence-corrected chi connectivity index (χ4v) is 4.38. The van der Waals surface area contributed by atoms with Crippen molar-refractivity contribution in [3.8, 4) is 5.69 Å². The third kappa shape index (κ3) is 4.76. The van der Waals surface area contributed by atoms with Gasteiger partial charge in [0, 0.05) is 31.2 Å². The Balaban J connectivity index is 1.60. The molecular formula is C21H27N3O3S. The van der Waals surface area contributed by atoms with Gasteiger partial charge in [0.1, 0.15) is 0 Å². The van der Waals surface area contributed by atoms with Gasteiger partial charge in [0.05, 0.1) is 17.8 Å². The first kappa shape index (κ1) is 20.5. The number of piperidine rings is 1. The average molecular weight is 402 g/mol. The largest absolute Gasteiger partial charge is 0.466 e. The molecule has 28 heavy (non-hydrogen) atoms. The lowest BCUT2D eigenvalue weighted by molar-refractivity contribution is -0.151. The number of imidazole rings is 1. The first-order valence-electron chi connectivity index (χ1n) is 9.72. The Kier molecular flexibility index (Phi) is 6.78. The number of carbonyl (C=O) groups is 2. The number of nitrogens with zero attached hydrogens (tertiary/aromatic N) is 3. The molecule has 1 aromatic heterocycles. The van der Waals surface area contributed by atoms with Crippen molar-refractivity contribution in [2.45, 2.75) is 44.0 Å². The van der Waals surface area contributed by atoms with Gasteiger partial charge in [0.15, 0.2) is 5.16 Å². The fourth-order valence-electron chi connectivity index (χ4n) is 3.41. The molecule has 6 nitrogen and oxygen atoms in total. The van der Waals surface area contributed by atoms with Gasteiger partial charge >= 0.3 is 5.97 Å². The Morgan fingerprint density at radius 3 is 2.75 bits per heavy atom. The van der Waals surface area contributed by atoms with Crippen molar-refractivity contribution in [3.63, 3.8) is 0 Å². The lowest BCUT2D eigenvalue weighted by Gasteiger charge is -2.32. The topological polar surface area (TPSA) is 64.4 Å². The third-order valence-corrected chi connectivity index (χ3v) is 6.01. The second-order valence-corrected chi connectivity index (χ2v) is 8.34. The van der Waals surface area contributed by atoms with E-state index in [4.69, 9.17) is 4.74 Å². The van der Waals surface area contributed by atoms with Gasteiger partial charge in [0.25, 0.3) is 0 Å². The van der Waals surface area contributed by atoms with Crippen molar-refractivity contribution >= 4 is 23.6 Å². The molecule has 1 unspecified atom stereocenters. The van der Waals surface area contributed by atoms with Crippen LogP contribution in [0.15, 0.2) is 41.8 Å². The molecule has 0 radical (unpaired) electrons. The van der Waals surface area contributed by atoms with Crippen molar-refractivity contribution < 1.29 is 14.3 Å². The van der Waals surface area contributed by atoms with Crippen LogP contribution in [0.5, 0.6) is 0 Å². The van der Waals surface area contributed by atoms with E-state index in [0.29, 0.717) is 32.5 Å². The minimum absolute atomic E-state index is 0.0890. The van der Waals surface area contributed by atoms with Gasteiger partial charge in [-0.3, -0.25) is 14.2 Å². The Hall–Kier alpha value is -2.28. The van der Waals surface area contributed by atoms with Gasteiger partial charge in [-0.2, -0.15) is 0 Å². The van der Waals surface area contributed by atoms with Crippen LogP contribution in [0, 0.1) is 12.8 Å². The van der Waals surface area contributed by atoms with Crippen molar-refractivity contribution in [1.82, 2.24) is 14.5 Å². The molecule has 1 amide bonds. The highest BCUT2D eigenvalue weighted by atomic mass is 32.2. The van der Waals surface area contributed by atoms with E-state index < -0.39 is 0 Å². The molecule has 1 atom stereocenters. The molecular weight excluding hydrogens is 374 g/mol. The number of carbonyl (C=O) groups excluding carboxylic acids is 2. The summed E-state index contributed by atoms with van der Waals surface area (Å²) in [5.41, 5.74) is 2.21. The minimum Gasteiger partial charge on any atom is -0.466 e. The third-order valence-electron chi connectivity index (χ3n) is 4.94. The minimum atomic E-state index is -0.245. The first-order chi connectivity index (χ1) is 13.5. The van der Waals surface area contributed by atoms with E-state index in [0.717, 1.165) is 10.8 Å². The predicted molar refractivity (Wildman–Crippen MR) is 110 cm³/mol. The standard InChI is InChI=1S/C21H27N3O3S/c1-4-27-20(26)17-8-11-23(12-9-17)19(25)16(3)28-21-22-10-13-24(21)18-7-5-6-15(2)14-18/h5-7,10,13-14,16-17H,4,8-9,11-12H2,1-3H3. The summed E-state index contributed by atoms with van der Waals surface area (Å²) in [6.45, 7) is 7.38. The Labute approximate surface area is 170 Å². The molecule has 0 spiro atoms. The lowest BCUT2D eigenvalue weighted by atomic mass is 9.97. The summed E-state index contributed by atoms with van der Waals surface area (Å²) in [6.07, 6.45) is 5.01. The molecule has 1 fully saturated rings. The molecule has 7 heteroatoms. The smallest absolute Gasteiger partial charge is 0.309 e. The van der Waals surface area contributed by atoms with E-state index in [1.807, 2.05) is 41.6 Å². The number of esters is 1. The number of rotatable bonds is 6. The van der Waals surface area contributed by atoms with Crippen LogP contribution in [-0.4, -0.2) is 51.3 Å². The second kappa shape index (κ2) is 9.28.